The number of hydrogen-bond acceptors (Lipinski definition) is 5. The summed E-state index contributed by atoms with van der Waals surface area (Å²) in [7, 11) is 0. The molecule has 1 fully saturated rings. The van der Waals surface area contributed by atoms with Gasteiger partial charge in [0.2, 0.25) is 12.7 Å². The molecule has 0 spiro atoms. The van der Waals surface area contributed by atoms with Crippen LogP contribution in [0.1, 0.15) is 23.2 Å². The first-order valence-corrected chi connectivity index (χ1v) is 7.59. The minimum absolute atomic E-state index is 0.120. The summed E-state index contributed by atoms with van der Waals surface area (Å²) in [5.74, 6) is -0.162. The highest BCUT2D eigenvalue weighted by Gasteiger charge is 2.27. The average Bonchev–Trinajstić information content (AvgIpc) is 3.07. The quantitative estimate of drug-likeness (QED) is 0.655. The van der Waals surface area contributed by atoms with Gasteiger partial charge >= 0.3 is 6.03 Å². The van der Waals surface area contributed by atoms with Crippen molar-refractivity contribution in [2.75, 3.05) is 19.9 Å². The summed E-state index contributed by atoms with van der Waals surface area (Å²) >= 11 is 0. The Morgan fingerprint density at radius 3 is 2.75 bits per heavy atom. The number of hydrogen-bond donors (Lipinski definition) is 3. The van der Waals surface area contributed by atoms with Crippen LogP contribution in [0.15, 0.2) is 18.2 Å². The van der Waals surface area contributed by atoms with Crippen LogP contribution in [-0.2, 0) is 4.79 Å². The molecule has 2 aliphatic rings. The minimum atomic E-state index is -0.545. The predicted octanol–water partition coefficient (Wildman–Crippen LogP) is -0.0330. The Bertz CT molecular complexity index is 678. The number of urea groups is 1. The fourth-order valence-corrected chi connectivity index (χ4v) is 2.72. The number of nitrogens with two attached hydrogens (primary N) is 1. The largest absolute Gasteiger partial charge is 0.454 e. The Balaban J connectivity index is 1.54. The third-order valence-electron chi connectivity index (χ3n) is 4.04. The van der Waals surface area contributed by atoms with Crippen LogP contribution in [0.25, 0.3) is 0 Å². The molecule has 1 saturated heterocycles. The molecule has 0 bridgehead atoms. The number of likely N-dealkylation sites (tertiary alicyclic amines) is 1. The number of ether oxygens (including phenoxy) is 2. The van der Waals surface area contributed by atoms with E-state index in [0.717, 1.165) is 0 Å². The first kappa shape index (κ1) is 15.9. The molecular weight excluding hydrogens is 316 g/mol. The molecule has 2 heterocycles. The molecule has 24 heavy (non-hydrogen) atoms. The fourth-order valence-electron chi connectivity index (χ4n) is 2.72. The van der Waals surface area contributed by atoms with Gasteiger partial charge < -0.3 is 20.1 Å². The second-order valence-electron chi connectivity index (χ2n) is 5.63. The lowest BCUT2D eigenvalue weighted by molar-refractivity contribution is -0.127. The second kappa shape index (κ2) is 6.65. The van der Waals surface area contributed by atoms with E-state index in [1.54, 1.807) is 18.2 Å². The van der Waals surface area contributed by atoms with Crippen molar-refractivity contribution in [1.82, 2.24) is 15.8 Å². The number of piperidine rings is 1. The van der Waals surface area contributed by atoms with Gasteiger partial charge in [0.25, 0.3) is 5.91 Å². The van der Waals surface area contributed by atoms with Crippen LogP contribution in [0, 0.1) is 5.92 Å². The van der Waals surface area contributed by atoms with Crippen molar-refractivity contribution in [3.63, 3.8) is 0 Å². The van der Waals surface area contributed by atoms with E-state index in [4.69, 9.17) is 15.2 Å². The van der Waals surface area contributed by atoms with E-state index in [9.17, 15) is 14.4 Å². The summed E-state index contributed by atoms with van der Waals surface area (Å²) in [5.41, 5.74) is 10.3. The molecule has 2 aliphatic heterocycles. The number of carbonyl (C=O) groups excluding carboxylic acids is 3. The number of nitrogens with zero attached hydrogens (tertiary/aromatic N) is 1. The van der Waals surface area contributed by atoms with Crippen LogP contribution in [0.3, 0.4) is 0 Å². The van der Waals surface area contributed by atoms with Crippen molar-refractivity contribution >= 4 is 17.8 Å². The lowest BCUT2D eigenvalue weighted by atomic mass is 9.98. The predicted molar refractivity (Wildman–Crippen MR) is 82.1 cm³/mol. The zero-order chi connectivity index (χ0) is 17.1. The molecule has 0 saturated carbocycles. The number of hydrazine groups is 1. The minimum Gasteiger partial charge on any atom is -0.454 e. The van der Waals surface area contributed by atoms with E-state index in [1.165, 1.54) is 4.90 Å². The van der Waals surface area contributed by atoms with Crippen LogP contribution in [0.2, 0.25) is 0 Å². The molecule has 0 radical (unpaired) electrons. The number of benzene rings is 1. The Morgan fingerprint density at radius 1 is 1.17 bits per heavy atom. The van der Waals surface area contributed by atoms with E-state index in [2.05, 4.69) is 10.9 Å². The van der Waals surface area contributed by atoms with Crippen molar-refractivity contribution < 1.29 is 23.9 Å². The van der Waals surface area contributed by atoms with E-state index >= 15 is 0 Å². The van der Waals surface area contributed by atoms with E-state index in [0.29, 0.717) is 36.4 Å². The van der Waals surface area contributed by atoms with Gasteiger partial charge in [-0.05, 0) is 31.0 Å². The summed E-state index contributed by atoms with van der Waals surface area (Å²) in [6.45, 7) is 0.916. The number of primary amides is 1. The van der Waals surface area contributed by atoms with Crippen LogP contribution in [0.4, 0.5) is 4.79 Å². The highest BCUT2D eigenvalue weighted by Crippen LogP contribution is 2.32. The van der Waals surface area contributed by atoms with Gasteiger partial charge in [-0.15, -0.1) is 0 Å². The van der Waals surface area contributed by atoms with E-state index < -0.39 is 17.9 Å². The summed E-state index contributed by atoms with van der Waals surface area (Å²) < 4.78 is 10.4. The lowest BCUT2D eigenvalue weighted by Gasteiger charge is -2.30. The smallest absolute Gasteiger partial charge is 0.314 e. The molecule has 0 aromatic heterocycles. The number of carbonyl (C=O) groups is 3. The molecule has 128 valence electrons. The molecule has 9 heteroatoms. The molecule has 1 aromatic carbocycles. The van der Waals surface area contributed by atoms with Gasteiger partial charge in [0, 0.05) is 18.7 Å². The molecule has 1 atom stereocenters. The monoisotopic (exact) mass is 334 g/mol. The Labute approximate surface area is 138 Å². The third kappa shape index (κ3) is 3.34. The maximum Gasteiger partial charge on any atom is 0.314 e. The summed E-state index contributed by atoms with van der Waals surface area (Å²) in [6, 6.07) is 4.20. The van der Waals surface area contributed by atoms with E-state index in [-0.39, 0.29) is 19.2 Å². The Hall–Kier alpha value is -2.97. The first-order chi connectivity index (χ1) is 11.5. The maximum atomic E-state index is 12.1. The van der Waals surface area contributed by atoms with Gasteiger partial charge in [-0.3, -0.25) is 20.4 Å². The van der Waals surface area contributed by atoms with Crippen molar-refractivity contribution in [3.8, 4) is 11.5 Å². The molecule has 4 N–H and O–H groups in total. The van der Waals surface area contributed by atoms with Crippen LogP contribution in [0.5, 0.6) is 11.5 Å². The van der Waals surface area contributed by atoms with Gasteiger partial charge in [0.1, 0.15) is 0 Å². The van der Waals surface area contributed by atoms with Crippen LogP contribution >= 0.6 is 0 Å². The van der Waals surface area contributed by atoms with Crippen LogP contribution in [-0.4, -0.2) is 42.6 Å². The molecule has 0 unspecified atom stereocenters. The molecular formula is C15H18N4O5. The van der Waals surface area contributed by atoms with Gasteiger partial charge in [-0.25, -0.2) is 4.79 Å². The van der Waals surface area contributed by atoms with Crippen molar-refractivity contribution in [3.05, 3.63) is 23.8 Å². The first-order valence-electron chi connectivity index (χ1n) is 7.59. The summed E-state index contributed by atoms with van der Waals surface area (Å²) in [5, 5.41) is 0. The second-order valence-corrected chi connectivity index (χ2v) is 5.63. The molecule has 4 amide bonds. The zero-order valence-corrected chi connectivity index (χ0v) is 12.9. The van der Waals surface area contributed by atoms with Crippen LogP contribution < -0.4 is 26.1 Å². The average molecular weight is 334 g/mol. The Kier molecular flexibility index (Phi) is 4.41. The van der Waals surface area contributed by atoms with E-state index in [1.807, 2.05) is 0 Å². The number of amides is 4. The Morgan fingerprint density at radius 2 is 1.96 bits per heavy atom. The lowest BCUT2D eigenvalue weighted by Crippen LogP contribution is -2.50. The maximum absolute atomic E-state index is 12.1. The molecule has 3 rings (SSSR count). The van der Waals surface area contributed by atoms with Gasteiger partial charge in [0.15, 0.2) is 11.5 Å². The standard InChI is InChI=1S/C15H18N4O5/c16-15(22)19-5-1-2-10(7-19)14(21)18-17-13(20)9-3-4-11-12(6-9)24-8-23-11/h3-4,6,10H,1-2,5,7-8H2,(H2,16,22)(H,17,20)(H,18,21)/t10-/m1/s1. The highest BCUT2D eigenvalue weighted by molar-refractivity contribution is 5.96. The topological polar surface area (TPSA) is 123 Å². The van der Waals surface area contributed by atoms with Crippen molar-refractivity contribution in [2.24, 2.45) is 11.7 Å². The molecule has 1 aromatic rings. The summed E-state index contributed by atoms with van der Waals surface area (Å²) in [6.07, 6.45) is 1.33. The highest BCUT2D eigenvalue weighted by atomic mass is 16.7. The van der Waals surface area contributed by atoms with Gasteiger partial charge in [-0.2, -0.15) is 0 Å². The molecule has 9 nitrogen and oxygen atoms in total. The van der Waals surface area contributed by atoms with Gasteiger partial charge in [0.05, 0.1) is 5.92 Å². The SMILES string of the molecule is NC(=O)N1CCC[C@@H](C(=O)NNC(=O)c2ccc3c(c2)OCO3)C1. The number of rotatable bonds is 2. The van der Waals surface area contributed by atoms with Gasteiger partial charge in [-0.1, -0.05) is 0 Å². The van der Waals surface area contributed by atoms with Crippen molar-refractivity contribution in [2.45, 2.75) is 12.8 Å². The molecule has 0 aliphatic carbocycles. The fraction of sp³-hybridized carbons (Fsp3) is 0.400. The summed E-state index contributed by atoms with van der Waals surface area (Å²) in [4.78, 5) is 36.9. The zero-order valence-electron chi connectivity index (χ0n) is 12.9. The number of nitrogens with one attached hydrogen (secondary N) is 2. The normalized spacial score (nSPS) is 18.8. The number of fused-ring (bicyclic) bond motifs is 1. The third-order valence-corrected chi connectivity index (χ3v) is 4.04. The van der Waals surface area contributed by atoms with Crippen molar-refractivity contribution in [1.29, 1.82) is 0 Å².